The van der Waals surface area contributed by atoms with Crippen LogP contribution in [-0.4, -0.2) is 24.0 Å². The Morgan fingerprint density at radius 2 is 1.85 bits per heavy atom. The fraction of sp³-hybridized carbons (Fsp3) is 0.368. The number of amides is 1. The Kier molecular flexibility index (Phi) is 5.60. The molecule has 1 aromatic heterocycles. The highest BCUT2D eigenvalue weighted by Gasteiger charge is 2.33. The summed E-state index contributed by atoms with van der Waals surface area (Å²) >= 11 is 6.00. The van der Waals surface area contributed by atoms with Gasteiger partial charge in [-0.05, 0) is 38.0 Å². The molecule has 27 heavy (non-hydrogen) atoms. The van der Waals surface area contributed by atoms with Crippen LogP contribution in [0.25, 0.3) is 0 Å². The Morgan fingerprint density at radius 3 is 2.41 bits per heavy atom. The Hall–Kier alpha value is -2.28. The maximum Gasteiger partial charge on any atom is 0.417 e. The number of aryl methyl sites for hydroxylation is 1. The molecule has 1 N–H and O–H groups in total. The first-order chi connectivity index (χ1) is 12.7. The molecule has 0 atom stereocenters. The number of hydrogen-bond donors (Lipinski definition) is 1. The molecule has 0 saturated carbocycles. The van der Waals surface area contributed by atoms with E-state index in [0.717, 1.165) is 23.5 Å². The lowest BCUT2D eigenvalue weighted by atomic mass is 9.95. The Balaban J connectivity index is 1.60. The van der Waals surface area contributed by atoms with Crippen LogP contribution in [-0.2, 0) is 11.0 Å². The van der Waals surface area contributed by atoms with Gasteiger partial charge in [-0.3, -0.25) is 4.79 Å². The van der Waals surface area contributed by atoms with Gasteiger partial charge in [-0.2, -0.15) is 13.2 Å². The number of alkyl halides is 3. The van der Waals surface area contributed by atoms with E-state index in [1.165, 1.54) is 0 Å². The van der Waals surface area contributed by atoms with Gasteiger partial charge in [-0.15, -0.1) is 0 Å². The fourth-order valence-corrected chi connectivity index (χ4v) is 3.34. The highest BCUT2D eigenvalue weighted by molar-refractivity contribution is 6.33. The van der Waals surface area contributed by atoms with Crippen molar-refractivity contribution in [3.63, 3.8) is 0 Å². The van der Waals surface area contributed by atoms with Crippen LogP contribution in [0, 0.1) is 12.8 Å². The van der Waals surface area contributed by atoms with Gasteiger partial charge in [-0.1, -0.05) is 29.3 Å². The van der Waals surface area contributed by atoms with Gasteiger partial charge in [0, 0.05) is 30.9 Å². The second kappa shape index (κ2) is 7.76. The van der Waals surface area contributed by atoms with Gasteiger partial charge in [0.1, 0.15) is 5.82 Å². The summed E-state index contributed by atoms with van der Waals surface area (Å²) in [5.74, 6) is 0.114. The van der Waals surface area contributed by atoms with Gasteiger partial charge >= 0.3 is 6.18 Å². The second-order valence-corrected chi connectivity index (χ2v) is 7.05. The van der Waals surface area contributed by atoms with Gasteiger partial charge in [0.25, 0.3) is 0 Å². The van der Waals surface area contributed by atoms with Crippen LogP contribution < -0.4 is 10.2 Å². The zero-order valence-corrected chi connectivity index (χ0v) is 15.4. The van der Waals surface area contributed by atoms with E-state index in [0.29, 0.717) is 31.7 Å². The third kappa shape index (κ3) is 4.71. The van der Waals surface area contributed by atoms with Crippen molar-refractivity contribution < 1.29 is 18.0 Å². The van der Waals surface area contributed by atoms with Crippen molar-refractivity contribution in [2.75, 3.05) is 23.3 Å². The van der Waals surface area contributed by atoms with E-state index in [-0.39, 0.29) is 16.8 Å². The minimum absolute atomic E-state index is 0.0348. The number of benzene rings is 1. The van der Waals surface area contributed by atoms with Gasteiger partial charge < -0.3 is 10.2 Å². The molecule has 1 fully saturated rings. The van der Waals surface area contributed by atoms with Gasteiger partial charge in [0.05, 0.1) is 10.6 Å². The van der Waals surface area contributed by atoms with E-state index in [9.17, 15) is 18.0 Å². The molecule has 1 aliphatic heterocycles. The SMILES string of the molecule is Cc1ccc(NC(=O)C2CCN(c3ncc(C(F)(F)F)cc3Cl)CC2)cc1. The highest BCUT2D eigenvalue weighted by Crippen LogP contribution is 2.34. The number of nitrogens with zero attached hydrogens (tertiary/aromatic N) is 2. The van der Waals surface area contributed by atoms with Crippen LogP contribution in [0.5, 0.6) is 0 Å². The summed E-state index contributed by atoms with van der Waals surface area (Å²) < 4.78 is 38.2. The largest absolute Gasteiger partial charge is 0.417 e. The first kappa shape index (κ1) is 19.5. The van der Waals surface area contributed by atoms with Crippen molar-refractivity contribution >= 4 is 29.0 Å². The number of carbonyl (C=O) groups excluding carboxylic acids is 1. The summed E-state index contributed by atoms with van der Waals surface area (Å²) in [5, 5.41) is 2.87. The summed E-state index contributed by atoms with van der Waals surface area (Å²) in [6.07, 6.45) is -2.53. The molecular weight excluding hydrogens is 379 g/mol. The molecule has 1 aliphatic rings. The zero-order chi connectivity index (χ0) is 19.6. The molecule has 1 amide bonds. The monoisotopic (exact) mass is 397 g/mol. The van der Waals surface area contributed by atoms with Crippen molar-refractivity contribution in [1.82, 2.24) is 4.98 Å². The number of hydrogen-bond acceptors (Lipinski definition) is 3. The molecule has 8 heteroatoms. The topological polar surface area (TPSA) is 45.2 Å². The number of nitrogens with one attached hydrogen (secondary N) is 1. The summed E-state index contributed by atoms with van der Waals surface area (Å²) in [7, 11) is 0. The molecule has 1 aromatic carbocycles. The molecular formula is C19H19ClF3N3O. The predicted octanol–water partition coefficient (Wildman–Crippen LogP) is 4.92. The van der Waals surface area contributed by atoms with Crippen LogP contribution in [0.3, 0.4) is 0 Å². The quantitative estimate of drug-likeness (QED) is 0.799. The predicted molar refractivity (Wildman–Crippen MR) is 99.0 cm³/mol. The summed E-state index contributed by atoms with van der Waals surface area (Å²) in [6, 6.07) is 8.45. The molecule has 0 unspecified atom stereocenters. The van der Waals surface area contributed by atoms with Crippen LogP contribution in [0.2, 0.25) is 5.02 Å². The van der Waals surface area contributed by atoms with Crippen molar-refractivity contribution in [3.8, 4) is 0 Å². The molecule has 0 bridgehead atoms. The van der Waals surface area contributed by atoms with Crippen molar-refractivity contribution in [2.45, 2.75) is 25.9 Å². The van der Waals surface area contributed by atoms with Crippen molar-refractivity contribution in [1.29, 1.82) is 0 Å². The number of carbonyl (C=O) groups is 1. The first-order valence-electron chi connectivity index (χ1n) is 8.59. The smallest absolute Gasteiger partial charge is 0.355 e. The van der Waals surface area contributed by atoms with E-state index in [4.69, 9.17) is 11.6 Å². The Morgan fingerprint density at radius 1 is 1.22 bits per heavy atom. The van der Waals surface area contributed by atoms with Gasteiger partial charge in [-0.25, -0.2) is 4.98 Å². The highest BCUT2D eigenvalue weighted by atomic mass is 35.5. The number of halogens is 4. The van der Waals surface area contributed by atoms with E-state index in [1.54, 1.807) is 0 Å². The Labute approximate surface area is 160 Å². The first-order valence-corrected chi connectivity index (χ1v) is 8.97. The molecule has 4 nitrogen and oxygen atoms in total. The number of anilines is 2. The van der Waals surface area contributed by atoms with Crippen LogP contribution in [0.4, 0.5) is 24.7 Å². The molecule has 0 spiro atoms. The van der Waals surface area contributed by atoms with Crippen molar-refractivity contribution in [2.24, 2.45) is 5.92 Å². The molecule has 3 rings (SSSR count). The normalized spacial score (nSPS) is 15.7. The number of pyridine rings is 1. The zero-order valence-electron chi connectivity index (χ0n) is 14.7. The molecule has 1 saturated heterocycles. The van der Waals surface area contributed by atoms with Crippen LogP contribution in [0.15, 0.2) is 36.5 Å². The van der Waals surface area contributed by atoms with Crippen LogP contribution in [0.1, 0.15) is 24.0 Å². The van der Waals surface area contributed by atoms with E-state index < -0.39 is 11.7 Å². The average molecular weight is 398 g/mol. The average Bonchev–Trinajstić information content (AvgIpc) is 2.63. The lowest BCUT2D eigenvalue weighted by Gasteiger charge is -2.32. The number of rotatable bonds is 3. The molecule has 0 aliphatic carbocycles. The summed E-state index contributed by atoms with van der Waals surface area (Å²) in [6.45, 7) is 2.98. The Bertz CT molecular complexity index is 816. The van der Waals surface area contributed by atoms with Crippen LogP contribution >= 0.6 is 11.6 Å². The van der Waals surface area contributed by atoms with E-state index in [2.05, 4.69) is 10.3 Å². The maximum atomic E-state index is 12.7. The van der Waals surface area contributed by atoms with Gasteiger partial charge in [0.2, 0.25) is 5.91 Å². The summed E-state index contributed by atoms with van der Waals surface area (Å²) in [5.41, 5.74) is 0.992. The number of piperidine rings is 1. The third-order valence-corrected chi connectivity index (χ3v) is 4.91. The van der Waals surface area contributed by atoms with E-state index >= 15 is 0 Å². The van der Waals surface area contributed by atoms with Gasteiger partial charge in [0.15, 0.2) is 0 Å². The standard InChI is InChI=1S/C19H19ClF3N3O/c1-12-2-4-15(5-3-12)25-18(27)13-6-8-26(9-7-13)17-16(20)10-14(11-24-17)19(21,22)23/h2-5,10-11,13H,6-9H2,1H3,(H,25,27). The molecule has 144 valence electrons. The molecule has 0 radical (unpaired) electrons. The minimum Gasteiger partial charge on any atom is -0.355 e. The second-order valence-electron chi connectivity index (χ2n) is 6.64. The maximum absolute atomic E-state index is 12.7. The van der Waals surface area contributed by atoms with Crippen molar-refractivity contribution in [3.05, 3.63) is 52.7 Å². The fourth-order valence-electron chi connectivity index (χ4n) is 3.05. The number of aromatic nitrogens is 1. The minimum atomic E-state index is -4.48. The molecule has 2 heterocycles. The third-order valence-electron chi connectivity index (χ3n) is 4.63. The summed E-state index contributed by atoms with van der Waals surface area (Å²) in [4.78, 5) is 18.1. The lowest BCUT2D eigenvalue weighted by molar-refractivity contribution is -0.137. The molecule has 2 aromatic rings. The van der Waals surface area contributed by atoms with E-state index in [1.807, 2.05) is 36.1 Å². The lowest BCUT2D eigenvalue weighted by Crippen LogP contribution is -2.38.